The molecule has 2 heterocycles. The Bertz CT molecular complexity index is 1290. The van der Waals surface area contributed by atoms with Gasteiger partial charge in [0.05, 0.1) is 5.69 Å². The summed E-state index contributed by atoms with van der Waals surface area (Å²) in [5, 5.41) is 2.92. The van der Waals surface area contributed by atoms with Crippen molar-refractivity contribution in [2.45, 2.75) is 33.6 Å². The number of halogens is 1. The maximum absolute atomic E-state index is 13.2. The molecule has 6 nitrogen and oxygen atoms in total. The topological polar surface area (TPSA) is 71.4 Å². The van der Waals surface area contributed by atoms with Gasteiger partial charge in [0.15, 0.2) is 0 Å². The second-order valence-corrected chi connectivity index (χ2v) is 8.78. The molecule has 0 spiro atoms. The number of aryl methyl sites for hydroxylation is 1. The zero-order valence-electron chi connectivity index (χ0n) is 18.8. The first kappa shape index (κ1) is 22.6. The molecule has 4 amide bonds. The van der Waals surface area contributed by atoms with E-state index in [2.05, 4.69) is 19.2 Å². The SMILES string of the molecule is Cc1cc(C=C2C(=O)NC(=O)N(c3ccc(C(C)C)cc3)C2=O)c(C)n1-c1ccc(Cl)cc1. The molecule has 168 valence electrons. The van der Waals surface area contributed by atoms with Crippen molar-refractivity contribution in [1.82, 2.24) is 9.88 Å². The zero-order valence-corrected chi connectivity index (χ0v) is 19.6. The highest BCUT2D eigenvalue weighted by Crippen LogP contribution is 2.27. The van der Waals surface area contributed by atoms with E-state index in [1.807, 2.05) is 48.7 Å². The monoisotopic (exact) mass is 461 g/mol. The van der Waals surface area contributed by atoms with Gasteiger partial charge in [-0.25, -0.2) is 9.69 Å². The van der Waals surface area contributed by atoms with Gasteiger partial charge in [-0.3, -0.25) is 14.9 Å². The average Bonchev–Trinajstić information content (AvgIpc) is 3.05. The molecule has 1 fully saturated rings. The number of anilines is 1. The number of hydrogen-bond donors (Lipinski definition) is 1. The van der Waals surface area contributed by atoms with Gasteiger partial charge in [-0.15, -0.1) is 0 Å². The largest absolute Gasteiger partial charge is 0.335 e. The van der Waals surface area contributed by atoms with Crippen molar-refractivity contribution in [3.8, 4) is 5.69 Å². The first-order chi connectivity index (χ1) is 15.7. The lowest BCUT2D eigenvalue weighted by molar-refractivity contribution is -0.122. The third kappa shape index (κ3) is 4.22. The third-order valence-corrected chi connectivity index (χ3v) is 6.03. The molecule has 1 aliphatic heterocycles. The minimum absolute atomic E-state index is 0.0982. The number of amides is 4. The van der Waals surface area contributed by atoms with E-state index in [9.17, 15) is 14.4 Å². The molecule has 0 saturated carbocycles. The molecule has 0 radical (unpaired) electrons. The van der Waals surface area contributed by atoms with Gasteiger partial charge in [0.1, 0.15) is 5.57 Å². The predicted molar refractivity (Wildman–Crippen MR) is 130 cm³/mol. The lowest BCUT2D eigenvalue weighted by Gasteiger charge is -2.26. The molecule has 4 rings (SSSR count). The number of hydrogen-bond acceptors (Lipinski definition) is 3. The second kappa shape index (κ2) is 8.71. The number of carbonyl (C=O) groups is 3. The molecule has 3 aromatic rings. The van der Waals surface area contributed by atoms with Gasteiger partial charge >= 0.3 is 6.03 Å². The van der Waals surface area contributed by atoms with E-state index < -0.39 is 17.8 Å². The molecule has 0 bridgehead atoms. The van der Waals surface area contributed by atoms with Crippen LogP contribution >= 0.6 is 11.6 Å². The fourth-order valence-electron chi connectivity index (χ4n) is 3.98. The summed E-state index contributed by atoms with van der Waals surface area (Å²) in [6.45, 7) is 7.98. The van der Waals surface area contributed by atoms with Crippen molar-refractivity contribution in [1.29, 1.82) is 0 Å². The van der Waals surface area contributed by atoms with Crippen molar-refractivity contribution in [3.63, 3.8) is 0 Å². The lowest BCUT2D eigenvalue weighted by Crippen LogP contribution is -2.54. The number of carbonyl (C=O) groups excluding carboxylic acids is 3. The highest BCUT2D eigenvalue weighted by molar-refractivity contribution is 6.39. The first-order valence-corrected chi connectivity index (χ1v) is 11.0. The zero-order chi connectivity index (χ0) is 23.9. The molecule has 7 heteroatoms. The quantitative estimate of drug-likeness (QED) is 0.409. The van der Waals surface area contributed by atoms with Crippen LogP contribution in [-0.2, 0) is 9.59 Å². The summed E-state index contributed by atoms with van der Waals surface area (Å²) < 4.78 is 2.02. The Labute approximate surface area is 197 Å². The predicted octanol–water partition coefficient (Wildman–Crippen LogP) is 5.54. The van der Waals surface area contributed by atoms with E-state index in [-0.39, 0.29) is 5.57 Å². The van der Waals surface area contributed by atoms with Crippen LogP contribution in [0.15, 0.2) is 60.2 Å². The van der Waals surface area contributed by atoms with E-state index in [0.29, 0.717) is 22.2 Å². The Kier molecular flexibility index (Phi) is 5.95. The van der Waals surface area contributed by atoms with Gasteiger partial charge in [-0.2, -0.15) is 0 Å². The number of rotatable bonds is 4. The normalized spacial score (nSPS) is 15.5. The summed E-state index contributed by atoms with van der Waals surface area (Å²) in [6.07, 6.45) is 1.54. The number of urea groups is 1. The maximum Gasteiger partial charge on any atom is 0.335 e. The number of imide groups is 2. The summed E-state index contributed by atoms with van der Waals surface area (Å²) in [4.78, 5) is 39.3. The van der Waals surface area contributed by atoms with E-state index in [1.54, 1.807) is 24.3 Å². The van der Waals surface area contributed by atoms with E-state index >= 15 is 0 Å². The highest BCUT2D eigenvalue weighted by atomic mass is 35.5. The van der Waals surface area contributed by atoms with Crippen molar-refractivity contribution >= 4 is 41.2 Å². The molecule has 2 aromatic carbocycles. The van der Waals surface area contributed by atoms with E-state index in [4.69, 9.17) is 11.6 Å². The van der Waals surface area contributed by atoms with Gasteiger partial charge in [0, 0.05) is 22.1 Å². The molecule has 1 N–H and O–H groups in total. The average molecular weight is 462 g/mol. The molecular formula is C26H24ClN3O3. The molecule has 1 aliphatic rings. The molecule has 1 saturated heterocycles. The highest BCUT2D eigenvalue weighted by Gasteiger charge is 2.37. The number of nitrogens with zero attached hydrogens (tertiary/aromatic N) is 2. The summed E-state index contributed by atoms with van der Waals surface area (Å²) in [6, 6.07) is 15.7. The fourth-order valence-corrected chi connectivity index (χ4v) is 4.10. The number of benzene rings is 2. The Balaban J connectivity index is 1.72. The summed E-state index contributed by atoms with van der Waals surface area (Å²) in [5.74, 6) is -1.05. The molecule has 33 heavy (non-hydrogen) atoms. The Hall–Kier alpha value is -3.64. The van der Waals surface area contributed by atoms with Crippen LogP contribution in [0.4, 0.5) is 10.5 Å². The summed E-state index contributed by atoms with van der Waals surface area (Å²) in [7, 11) is 0. The Morgan fingerprint density at radius 3 is 2.12 bits per heavy atom. The van der Waals surface area contributed by atoms with Crippen LogP contribution in [0.25, 0.3) is 11.8 Å². The van der Waals surface area contributed by atoms with Gasteiger partial charge < -0.3 is 4.57 Å². The van der Waals surface area contributed by atoms with Crippen LogP contribution in [0, 0.1) is 13.8 Å². The summed E-state index contributed by atoms with van der Waals surface area (Å²) >= 11 is 6.01. The van der Waals surface area contributed by atoms with E-state index in [1.165, 1.54) is 6.08 Å². The van der Waals surface area contributed by atoms with Crippen molar-refractivity contribution in [3.05, 3.63) is 87.7 Å². The molecule has 1 aromatic heterocycles. The minimum atomic E-state index is -0.758. The number of nitrogens with one attached hydrogen (secondary N) is 1. The minimum Gasteiger partial charge on any atom is -0.318 e. The van der Waals surface area contributed by atoms with Crippen molar-refractivity contribution in [2.75, 3.05) is 4.90 Å². The standard InChI is InChI=1S/C26H24ClN3O3/c1-15(2)18-5-9-22(10-6-18)30-25(32)23(24(31)28-26(30)33)14-19-13-16(3)29(17(19)4)21-11-7-20(27)8-12-21/h5-15H,1-4H3,(H,28,31,33). The van der Waals surface area contributed by atoms with Crippen LogP contribution in [0.5, 0.6) is 0 Å². The molecule has 0 aliphatic carbocycles. The second-order valence-electron chi connectivity index (χ2n) is 8.34. The van der Waals surface area contributed by atoms with Crippen molar-refractivity contribution < 1.29 is 14.4 Å². The maximum atomic E-state index is 13.2. The van der Waals surface area contributed by atoms with Crippen LogP contribution in [0.3, 0.4) is 0 Å². The Morgan fingerprint density at radius 2 is 1.52 bits per heavy atom. The van der Waals surface area contributed by atoms with Gasteiger partial charge in [0.2, 0.25) is 0 Å². The van der Waals surface area contributed by atoms with Gasteiger partial charge in [-0.05, 0) is 79.4 Å². The van der Waals surface area contributed by atoms with E-state index in [0.717, 1.165) is 27.5 Å². The number of aromatic nitrogens is 1. The molecule has 0 unspecified atom stereocenters. The van der Waals surface area contributed by atoms with Crippen LogP contribution in [0.2, 0.25) is 5.02 Å². The summed E-state index contributed by atoms with van der Waals surface area (Å²) in [5.41, 5.74) is 4.82. The van der Waals surface area contributed by atoms with Crippen LogP contribution < -0.4 is 10.2 Å². The number of barbiturate groups is 1. The third-order valence-electron chi connectivity index (χ3n) is 5.77. The van der Waals surface area contributed by atoms with Gasteiger partial charge in [0.25, 0.3) is 11.8 Å². The van der Waals surface area contributed by atoms with Crippen LogP contribution in [-0.4, -0.2) is 22.4 Å². The first-order valence-electron chi connectivity index (χ1n) is 10.6. The lowest BCUT2D eigenvalue weighted by atomic mass is 10.0. The van der Waals surface area contributed by atoms with Crippen molar-refractivity contribution in [2.24, 2.45) is 0 Å². The Morgan fingerprint density at radius 1 is 0.909 bits per heavy atom. The van der Waals surface area contributed by atoms with Crippen LogP contribution in [0.1, 0.15) is 42.3 Å². The smallest absolute Gasteiger partial charge is 0.318 e. The molecular weight excluding hydrogens is 438 g/mol. The van der Waals surface area contributed by atoms with Gasteiger partial charge in [-0.1, -0.05) is 37.6 Å². The fraction of sp³-hybridized carbons (Fsp3) is 0.192. The molecule has 0 atom stereocenters.